The van der Waals surface area contributed by atoms with Gasteiger partial charge in [0.1, 0.15) is 5.75 Å². The predicted octanol–water partition coefficient (Wildman–Crippen LogP) is 4.72. The van der Waals surface area contributed by atoms with Gasteiger partial charge in [-0.15, -0.1) is 0 Å². The summed E-state index contributed by atoms with van der Waals surface area (Å²) in [6.45, 7) is 0.868. The number of hydrogen-bond donors (Lipinski definition) is 1. The molecule has 2 aromatic carbocycles. The summed E-state index contributed by atoms with van der Waals surface area (Å²) in [6.07, 6.45) is 0.962. The maximum atomic E-state index is 5.16. The zero-order valence-electron chi connectivity index (χ0n) is 11.6. The van der Waals surface area contributed by atoms with Crippen molar-refractivity contribution >= 4 is 42.6 Å². The lowest BCUT2D eigenvalue weighted by Crippen LogP contribution is -2.04. The number of halogens is 1. The molecule has 0 aliphatic carbocycles. The Morgan fingerprint density at radius 1 is 1.19 bits per heavy atom. The molecule has 0 radical (unpaired) electrons. The molecule has 0 spiro atoms. The topological polar surface area (TPSA) is 34.1 Å². The summed E-state index contributed by atoms with van der Waals surface area (Å²) in [7, 11) is 1.68. The molecule has 0 amide bonds. The number of thiazole rings is 1. The first-order chi connectivity index (χ1) is 10.2. The number of aromatic nitrogens is 1. The molecule has 3 aromatic rings. The van der Waals surface area contributed by atoms with Gasteiger partial charge in [-0.2, -0.15) is 0 Å². The average molecular weight is 363 g/mol. The third-order valence-electron chi connectivity index (χ3n) is 3.20. The number of ether oxygens (including phenoxy) is 1. The maximum Gasteiger partial charge on any atom is 0.183 e. The second kappa shape index (κ2) is 6.45. The molecule has 0 fully saturated rings. The molecule has 21 heavy (non-hydrogen) atoms. The Kier molecular flexibility index (Phi) is 4.41. The van der Waals surface area contributed by atoms with E-state index in [2.05, 4.69) is 44.4 Å². The first kappa shape index (κ1) is 14.4. The normalized spacial score (nSPS) is 10.8. The van der Waals surface area contributed by atoms with E-state index >= 15 is 0 Å². The maximum absolute atomic E-state index is 5.16. The minimum Gasteiger partial charge on any atom is -0.497 e. The van der Waals surface area contributed by atoms with Crippen molar-refractivity contribution in [3.05, 3.63) is 52.5 Å². The van der Waals surface area contributed by atoms with Crippen molar-refractivity contribution in [2.75, 3.05) is 19.0 Å². The van der Waals surface area contributed by atoms with Crippen LogP contribution in [0.5, 0.6) is 5.75 Å². The van der Waals surface area contributed by atoms with E-state index in [1.54, 1.807) is 18.4 Å². The average Bonchev–Trinajstić information content (AvgIpc) is 2.89. The molecule has 0 bridgehead atoms. The van der Waals surface area contributed by atoms with Gasteiger partial charge >= 0.3 is 0 Å². The summed E-state index contributed by atoms with van der Waals surface area (Å²) < 4.78 is 7.42. The van der Waals surface area contributed by atoms with Gasteiger partial charge in [0.25, 0.3) is 0 Å². The smallest absolute Gasteiger partial charge is 0.183 e. The Morgan fingerprint density at radius 3 is 2.76 bits per heavy atom. The molecule has 108 valence electrons. The minimum absolute atomic E-state index is 0.868. The fraction of sp³-hybridized carbons (Fsp3) is 0.188. The number of methoxy groups -OCH3 is 1. The molecule has 0 saturated carbocycles. The number of nitrogens with zero attached hydrogens (tertiary/aromatic N) is 1. The van der Waals surface area contributed by atoms with E-state index in [1.807, 2.05) is 24.3 Å². The summed E-state index contributed by atoms with van der Waals surface area (Å²) >= 11 is 5.15. The van der Waals surface area contributed by atoms with Gasteiger partial charge in [-0.25, -0.2) is 4.98 Å². The van der Waals surface area contributed by atoms with Gasteiger partial charge in [0, 0.05) is 11.0 Å². The molecule has 1 heterocycles. The third-order valence-corrected chi connectivity index (χ3v) is 4.69. The summed E-state index contributed by atoms with van der Waals surface area (Å²) in [5.41, 5.74) is 2.31. The highest BCUT2D eigenvalue weighted by Crippen LogP contribution is 2.28. The Labute approximate surface area is 136 Å². The van der Waals surface area contributed by atoms with Crippen molar-refractivity contribution in [2.24, 2.45) is 0 Å². The molecule has 1 N–H and O–H groups in total. The van der Waals surface area contributed by atoms with Gasteiger partial charge in [-0.05, 0) is 42.3 Å². The van der Waals surface area contributed by atoms with Crippen molar-refractivity contribution < 1.29 is 4.74 Å². The molecule has 0 aliphatic heterocycles. The van der Waals surface area contributed by atoms with Crippen molar-refractivity contribution in [1.82, 2.24) is 4.98 Å². The largest absolute Gasteiger partial charge is 0.497 e. The van der Waals surface area contributed by atoms with E-state index in [-0.39, 0.29) is 0 Å². The highest BCUT2D eigenvalue weighted by Gasteiger charge is 2.03. The van der Waals surface area contributed by atoms with Gasteiger partial charge < -0.3 is 10.1 Å². The van der Waals surface area contributed by atoms with Gasteiger partial charge in [-0.1, -0.05) is 39.4 Å². The second-order valence-electron chi connectivity index (χ2n) is 4.66. The Balaban J connectivity index is 1.60. The van der Waals surface area contributed by atoms with Crippen LogP contribution < -0.4 is 10.1 Å². The number of fused-ring (bicyclic) bond motifs is 1. The highest BCUT2D eigenvalue weighted by atomic mass is 79.9. The van der Waals surface area contributed by atoms with Crippen LogP contribution in [0.25, 0.3) is 10.2 Å². The molecule has 0 unspecified atom stereocenters. The SMILES string of the molecule is COc1ccc(CCNc2nc3cc(Br)ccc3s2)cc1. The van der Waals surface area contributed by atoms with E-state index in [9.17, 15) is 0 Å². The fourth-order valence-electron chi connectivity index (χ4n) is 2.08. The fourth-order valence-corrected chi connectivity index (χ4v) is 3.30. The van der Waals surface area contributed by atoms with E-state index in [0.29, 0.717) is 0 Å². The van der Waals surface area contributed by atoms with Crippen LogP contribution in [0.1, 0.15) is 5.56 Å². The summed E-state index contributed by atoms with van der Waals surface area (Å²) in [5, 5.41) is 4.36. The highest BCUT2D eigenvalue weighted by molar-refractivity contribution is 9.10. The van der Waals surface area contributed by atoms with Crippen LogP contribution in [0.15, 0.2) is 46.9 Å². The molecule has 0 saturated heterocycles. The van der Waals surface area contributed by atoms with Crippen molar-refractivity contribution in [3.8, 4) is 5.75 Å². The van der Waals surface area contributed by atoms with Crippen LogP contribution in [-0.4, -0.2) is 18.6 Å². The first-order valence-electron chi connectivity index (χ1n) is 6.67. The quantitative estimate of drug-likeness (QED) is 0.712. The van der Waals surface area contributed by atoms with E-state index in [1.165, 1.54) is 10.3 Å². The Morgan fingerprint density at radius 2 is 2.00 bits per heavy atom. The van der Waals surface area contributed by atoms with Crippen LogP contribution in [0.2, 0.25) is 0 Å². The van der Waals surface area contributed by atoms with Gasteiger partial charge in [-0.3, -0.25) is 0 Å². The van der Waals surface area contributed by atoms with Crippen molar-refractivity contribution in [1.29, 1.82) is 0 Å². The number of hydrogen-bond acceptors (Lipinski definition) is 4. The monoisotopic (exact) mass is 362 g/mol. The van der Waals surface area contributed by atoms with Gasteiger partial charge in [0.2, 0.25) is 0 Å². The first-order valence-corrected chi connectivity index (χ1v) is 8.28. The van der Waals surface area contributed by atoms with Crippen LogP contribution in [0.4, 0.5) is 5.13 Å². The van der Waals surface area contributed by atoms with Crippen LogP contribution in [0.3, 0.4) is 0 Å². The molecule has 1 aromatic heterocycles. The van der Waals surface area contributed by atoms with Crippen molar-refractivity contribution in [2.45, 2.75) is 6.42 Å². The molecule has 3 nitrogen and oxygen atoms in total. The van der Waals surface area contributed by atoms with Crippen molar-refractivity contribution in [3.63, 3.8) is 0 Å². The van der Waals surface area contributed by atoms with Crippen LogP contribution in [0, 0.1) is 0 Å². The molecule has 5 heteroatoms. The van der Waals surface area contributed by atoms with Gasteiger partial charge in [0.15, 0.2) is 5.13 Å². The second-order valence-corrected chi connectivity index (χ2v) is 6.60. The van der Waals surface area contributed by atoms with E-state index < -0.39 is 0 Å². The zero-order valence-corrected chi connectivity index (χ0v) is 14.0. The summed E-state index contributed by atoms with van der Waals surface area (Å²) in [6, 6.07) is 14.3. The number of anilines is 1. The molecular formula is C16H15BrN2OS. The lowest BCUT2D eigenvalue weighted by Gasteiger charge is -2.04. The summed E-state index contributed by atoms with van der Waals surface area (Å²) in [4.78, 5) is 4.59. The third kappa shape index (κ3) is 3.54. The van der Waals surface area contributed by atoms with Gasteiger partial charge in [0.05, 0.1) is 17.3 Å². The van der Waals surface area contributed by atoms with Crippen LogP contribution in [-0.2, 0) is 6.42 Å². The van der Waals surface area contributed by atoms with E-state index in [4.69, 9.17) is 4.74 Å². The summed E-state index contributed by atoms with van der Waals surface area (Å²) in [5.74, 6) is 0.892. The standard InChI is InChI=1S/C16H15BrN2OS/c1-20-13-5-2-11(3-6-13)8-9-18-16-19-14-10-12(17)4-7-15(14)21-16/h2-7,10H,8-9H2,1H3,(H,18,19). The molecule has 0 aliphatic rings. The number of benzene rings is 2. The van der Waals surface area contributed by atoms with E-state index in [0.717, 1.165) is 33.8 Å². The van der Waals surface area contributed by atoms with Crippen LogP contribution >= 0.6 is 27.3 Å². The molecule has 0 atom stereocenters. The Hall–Kier alpha value is -1.59. The number of nitrogens with one attached hydrogen (secondary N) is 1. The molecular weight excluding hydrogens is 348 g/mol. The lowest BCUT2D eigenvalue weighted by atomic mass is 10.1. The Bertz CT molecular complexity index is 740. The zero-order chi connectivity index (χ0) is 14.7. The molecule has 3 rings (SSSR count). The lowest BCUT2D eigenvalue weighted by molar-refractivity contribution is 0.414. The predicted molar refractivity (Wildman–Crippen MR) is 92.5 cm³/mol. The minimum atomic E-state index is 0.868. The number of rotatable bonds is 5.